The molecule has 0 aliphatic rings. The second kappa shape index (κ2) is 10.9. The molecule has 0 aromatic carbocycles. The van der Waals surface area contributed by atoms with E-state index in [9.17, 15) is 4.79 Å². The summed E-state index contributed by atoms with van der Waals surface area (Å²) in [5, 5.41) is 0. The van der Waals surface area contributed by atoms with Crippen molar-refractivity contribution >= 4 is 17.7 Å². The number of nitrogens with two attached hydrogens (primary N) is 1. The Morgan fingerprint density at radius 1 is 1.35 bits per heavy atom. The predicted molar refractivity (Wildman–Crippen MR) is 75.2 cm³/mol. The largest absolute Gasteiger partial charge is 0.464 e. The molecule has 0 spiro atoms. The summed E-state index contributed by atoms with van der Waals surface area (Å²) < 4.78 is 5.28. The van der Waals surface area contributed by atoms with Gasteiger partial charge in [0.05, 0.1) is 6.61 Å². The molecule has 0 aromatic rings. The van der Waals surface area contributed by atoms with Gasteiger partial charge in [0.15, 0.2) is 0 Å². The van der Waals surface area contributed by atoms with Crippen LogP contribution in [0.1, 0.15) is 46.0 Å². The van der Waals surface area contributed by atoms with Gasteiger partial charge in [-0.3, -0.25) is 4.79 Å². The Labute approximate surface area is 110 Å². The van der Waals surface area contributed by atoms with E-state index in [0.717, 1.165) is 18.6 Å². The number of hydrogen-bond acceptors (Lipinski definition) is 4. The number of rotatable bonds is 10. The van der Waals surface area contributed by atoms with Crippen molar-refractivity contribution in [3.8, 4) is 0 Å². The molecule has 0 amide bonds. The van der Waals surface area contributed by atoms with E-state index in [4.69, 9.17) is 10.5 Å². The van der Waals surface area contributed by atoms with E-state index in [-0.39, 0.29) is 5.97 Å². The zero-order valence-electron chi connectivity index (χ0n) is 11.4. The molecule has 0 aliphatic heterocycles. The number of ether oxygens (including phenoxy) is 1. The standard InChI is InChI=1S/C13H27NO2S/c1-4-6-7-11(5-2)10-16-13(15)12(14)8-9-17-3/h11-12H,4-10,14H2,1-3H3/t11?,12-/m0/s1. The molecule has 0 radical (unpaired) electrons. The number of carbonyl (C=O) groups is 1. The lowest BCUT2D eigenvalue weighted by atomic mass is 10.0. The van der Waals surface area contributed by atoms with E-state index >= 15 is 0 Å². The molecular weight excluding hydrogens is 234 g/mol. The summed E-state index contributed by atoms with van der Waals surface area (Å²) in [5.41, 5.74) is 5.74. The summed E-state index contributed by atoms with van der Waals surface area (Å²) in [7, 11) is 0. The highest BCUT2D eigenvalue weighted by Gasteiger charge is 2.16. The number of carbonyl (C=O) groups excluding carboxylic acids is 1. The first-order valence-electron chi connectivity index (χ1n) is 6.56. The van der Waals surface area contributed by atoms with E-state index in [1.807, 2.05) is 6.26 Å². The van der Waals surface area contributed by atoms with E-state index in [2.05, 4.69) is 13.8 Å². The smallest absolute Gasteiger partial charge is 0.322 e. The topological polar surface area (TPSA) is 52.3 Å². The highest BCUT2D eigenvalue weighted by Crippen LogP contribution is 2.13. The summed E-state index contributed by atoms with van der Waals surface area (Å²) in [4.78, 5) is 11.6. The fourth-order valence-corrected chi connectivity index (χ4v) is 2.06. The van der Waals surface area contributed by atoms with Gasteiger partial charge in [0.1, 0.15) is 6.04 Å². The van der Waals surface area contributed by atoms with Crippen LogP contribution in [0.3, 0.4) is 0 Å². The van der Waals surface area contributed by atoms with Gasteiger partial charge in [0, 0.05) is 0 Å². The molecule has 0 heterocycles. The number of thioether (sulfide) groups is 1. The third kappa shape index (κ3) is 8.50. The third-order valence-electron chi connectivity index (χ3n) is 2.94. The molecule has 0 rings (SSSR count). The molecule has 102 valence electrons. The van der Waals surface area contributed by atoms with Gasteiger partial charge in [-0.05, 0) is 30.8 Å². The second-order valence-corrected chi connectivity index (χ2v) is 5.42. The van der Waals surface area contributed by atoms with Crippen LogP contribution in [0.5, 0.6) is 0 Å². The van der Waals surface area contributed by atoms with Crippen molar-refractivity contribution in [2.75, 3.05) is 18.6 Å². The molecule has 17 heavy (non-hydrogen) atoms. The summed E-state index contributed by atoms with van der Waals surface area (Å²) in [6, 6.07) is -0.453. The highest BCUT2D eigenvalue weighted by molar-refractivity contribution is 7.98. The van der Waals surface area contributed by atoms with Gasteiger partial charge in [0.25, 0.3) is 0 Å². The maximum absolute atomic E-state index is 11.6. The van der Waals surface area contributed by atoms with Crippen LogP contribution in [0.25, 0.3) is 0 Å². The third-order valence-corrected chi connectivity index (χ3v) is 3.58. The van der Waals surface area contributed by atoms with Crippen molar-refractivity contribution in [1.82, 2.24) is 0 Å². The average molecular weight is 261 g/mol. The van der Waals surface area contributed by atoms with Crippen molar-refractivity contribution in [3.05, 3.63) is 0 Å². The Balaban J connectivity index is 3.78. The van der Waals surface area contributed by atoms with Crippen molar-refractivity contribution in [2.24, 2.45) is 11.7 Å². The van der Waals surface area contributed by atoms with Crippen LogP contribution in [0.15, 0.2) is 0 Å². The van der Waals surface area contributed by atoms with Crippen LogP contribution in [-0.2, 0) is 9.53 Å². The summed E-state index contributed by atoms with van der Waals surface area (Å²) in [6.45, 7) is 4.85. The van der Waals surface area contributed by atoms with Crippen LogP contribution in [0.4, 0.5) is 0 Å². The van der Waals surface area contributed by atoms with Crippen LogP contribution >= 0.6 is 11.8 Å². The zero-order valence-corrected chi connectivity index (χ0v) is 12.2. The molecule has 0 bridgehead atoms. The Kier molecular flexibility index (Phi) is 10.8. The Bertz CT molecular complexity index is 200. The zero-order chi connectivity index (χ0) is 13.1. The molecule has 2 N–H and O–H groups in total. The maximum atomic E-state index is 11.6. The SMILES string of the molecule is CCCCC(CC)COC(=O)[C@@H](N)CCSC. The van der Waals surface area contributed by atoms with Crippen LogP contribution < -0.4 is 5.73 Å². The van der Waals surface area contributed by atoms with Gasteiger partial charge in [-0.15, -0.1) is 0 Å². The maximum Gasteiger partial charge on any atom is 0.322 e. The Hall–Kier alpha value is -0.220. The van der Waals surface area contributed by atoms with Crippen LogP contribution in [0.2, 0.25) is 0 Å². The monoisotopic (exact) mass is 261 g/mol. The average Bonchev–Trinajstić information content (AvgIpc) is 2.35. The minimum Gasteiger partial charge on any atom is -0.464 e. The lowest BCUT2D eigenvalue weighted by molar-refractivity contribution is -0.146. The molecule has 0 fully saturated rings. The molecule has 0 aromatic heterocycles. The molecule has 0 saturated heterocycles. The summed E-state index contributed by atoms with van der Waals surface area (Å²) >= 11 is 1.70. The van der Waals surface area contributed by atoms with Crippen molar-refractivity contribution in [2.45, 2.75) is 52.0 Å². The van der Waals surface area contributed by atoms with Gasteiger partial charge >= 0.3 is 5.97 Å². The first kappa shape index (κ1) is 16.8. The minimum atomic E-state index is -0.453. The first-order chi connectivity index (χ1) is 8.15. The molecule has 0 aliphatic carbocycles. The Morgan fingerprint density at radius 2 is 2.06 bits per heavy atom. The second-order valence-electron chi connectivity index (χ2n) is 4.43. The number of unbranched alkanes of at least 4 members (excludes halogenated alkanes) is 1. The number of hydrogen-bond donors (Lipinski definition) is 1. The van der Waals surface area contributed by atoms with Gasteiger partial charge in [-0.2, -0.15) is 11.8 Å². The van der Waals surface area contributed by atoms with Gasteiger partial charge in [0.2, 0.25) is 0 Å². The lowest BCUT2D eigenvalue weighted by Crippen LogP contribution is -2.33. The molecule has 3 nitrogen and oxygen atoms in total. The van der Waals surface area contributed by atoms with Gasteiger partial charge in [-0.1, -0.05) is 33.1 Å². The van der Waals surface area contributed by atoms with E-state index in [0.29, 0.717) is 18.9 Å². The Morgan fingerprint density at radius 3 is 2.59 bits per heavy atom. The normalized spacial score (nSPS) is 14.4. The van der Waals surface area contributed by atoms with Crippen LogP contribution in [-0.4, -0.2) is 30.6 Å². The van der Waals surface area contributed by atoms with E-state index in [1.165, 1.54) is 12.8 Å². The quantitative estimate of drug-likeness (QED) is 0.614. The van der Waals surface area contributed by atoms with Gasteiger partial charge in [-0.25, -0.2) is 0 Å². The fraction of sp³-hybridized carbons (Fsp3) is 0.923. The molecule has 4 heteroatoms. The molecular formula is C13H27NO2S. The van der Waals surface area contributed by atoms with Crippen LogP contribution in [0, 0.1) is 5.92 Å². The minimum absolute atomic E-state index is 0.242. The van der Waals surface area contributed by atoms with Gasteiger partial charge < -0.3 is 10.5 Å². The van der Waals surface area contributed by atoms with Crippen molar-refractivity contribution in [3.63, 3.8) is 0 Å². The molecule has 2 atom stereocenters. The highest BCUT2D eigenvalue weighted by atomic mass is 32.2. The summed E-state index contributed by atoms with van der Waals surface area (Å²) in [5.74, 6) is 1.16. The predicted octanol–water partition coefficient (Wildman–Crippen LogP) is 2.83. The van der Waals surface area contributed by atoms with E-state index < -0.39 is 6.04 Å². The first-order valence-corrected chi connectivity index (χ1v) is 7.96. The lowest BCUT2D eigenvalue weighted by Gasteiger charge is -2.16. The summed E-state index contributed by atoms with van der Waals surface area (Å²) in [6.07, 6.45) is 7.31. The molecule has 0 saturated carbocycles. The molecule has 1 unspecified atom stereocenters. The fourth-order valence-electron chi connectivity index (χ4n) is 1.57. The van der Waals surface area contributed by atoms with E-state index in [1.54, 1.807) is 11.8 Å². The number of esters is 1. The van der Waals surface area contributed by atoms with Crippen molar-refractivity contribution in [1.29, 1.82) is 0 Å². The van der Waals surface area contributed by atoms with Crippen molar-refractivity contribution < 1.29 is 9.53 Å².